The number of hydrogen-bond donors (Lipinski definition) is 0. The highest BCUT2D eigenvalue weighted by Crippen LogP contribution is 2.17. The summed E-state index contributed by atoms with van der Waals surface area (Å²) in [6, 6.07) is 20.3. The number of aromatic nitrogens is 26. The van der Waals surface area contributed by atoms with Crippen molar-refractivity contribution in [1.29, 1.82) is 0 Å². The fraction of sp³-hybridized carbons (Fsp3) is 0.333. The maximum Gasteiger partial charge on any atom is 0.579 e. The van der Waals surface area contributed by atoms with E-state index in [2.05, 4.69) is 161 Å². The zero-order valence-corrected chi connectivity index (χ0v) is 69.0. The number of fused-ring (bicyclic) bond motifs is 5. The molecule has 33 heteroatoms. The molecule has 0 saturated heterocycles. The summed E-state index contributed by atoms with van der Waals surface area (Å²) in [7, 11) is 43.0. The van der Waals surface area contributed by atoms with Crippen LogP contribution in [0.25, 0.3) is 55.4 Å². The summed E-state index contributed by atoms with van der Waals surface area (Å²) < 4.78 is 43.0. The molecule has 14 heterocycles. The number of imidazole rings is 11. The van der Waals surface area contributed by atoms with Crippen LogP contribution in [0.2, 0.25) is 15.3 Å². The number of nitro groups is 1. The van der Waals surface area contributed by atoms with Crippen LogP contribution in [0.5, 0.6) is 0 Å². The van der Waals surface area contributed by atoms with Gasteiger partial charge in [0.15, 0.2) is 75.5 Å². The Labute approximate surface area is 645 Å². The monoisotopic (exact) mass is 1540 g/mol. The van der Waals surface area contributed by atoms with Crippen molar-refractivity contribution in [2.24, 2.45) is 155 Å². The Morgan fingerprint density at radius 2 is 0.944 bits per heavy atom. The number of nitrogens with zero attached hydrogens (tertiary/aromatic N) is 27. The zero-order valence-electron chi connectivity index (χ0n) is 66.7. The molecule has 0 aliphatic heterocycles. The first kappa shape index (κ1) is 85.3. The third kappa shape index (κ3) is 22.7. The highest BCUT2D eigenvalue weighted by atomic mass is 35.5. The molecule has 0 radical (unpaired) electrons. The van der Waals surface area contributed by atoms with Crippen LogP contribution in [-0.4, -0.2) is 81.4 Å². The zero-order chi connectivity index (χ0) is 80.0. The number of aryl methyl sites for hydroxylation is 22. The predicted octanol–water partition coefficient (Wildman–Crippen LogP) is 4.24. The third-order valence-corrected chi connectivity index (χ3v) is 18.6. The number of rotatable bonds is 3. The fourth-order valence-electron chi connectivity index (χ4n) is 11.4. The molecule has 0 atom stereocenters. The smallest absolute Gasteiger partial charge is 0.320 e. The molecule has 2 aromatic carbocycles. The quantitative estimate of drug-likeness (QED) is 0.109. The summed E-state index contributed by atoms with van der Waals surface area (Å²) in [5.41, 5.74) is 11.5. The summed E-state index contributed by atoms with van der Waals surface area (Å²) in [6.45, 7) is 4.25. The van der Waals surface area contributed by atoms with E-state index in [1.807, 2.05) is 266 Å². The summed E-state index contributed by atoms with van der Waals surface area (Å²) in [6.07, 6.45) is 43.9. The fourth-order valence-corrected chi connectivity index (χ4v) is 11.9. The number of carbonyl (C=O) groups is 1. The van der Waals surface area contributed by atoms with Crippen molar-refractivity contribution in [1.82, 2.24) is 70.2 Å². The SMILES string of the molecule is CCc1n(C)cc[n+]1C.Cc1n(C)cc[n+]1C.Cn1c[n+](C)c(Cl)c1Cl.Cn1c[n+](C)c2ccc(Cl)cc21.Cn1c[n+](C)c2ccccc21.Cn1c[n+](C)c2ccncc21.Cn1c[n+](C)c2ncccc21.Cn1c[n+](C)c2ncncc21.Cn1cc[n+](C)c1.Cn1cc[n+](C)c1C=O.Cn1cc[n+](C)c1[N+](=O)[O-]. The van der Waals surface area contributed by atoms with E-state index in [1.165, 1.54) is 42.8 Å². The molecule has 0 bridgehead atoms. The molecule has 0 amide bonds. The average molecular weight is 1540 g/mol. The molecule has 30 nitrogen and oxygen atoms in total. The molecule has 0 spiro atoms. The first-order valence-electron chi connectivity index (χ1n) is 34.1. The number of pyridine rings is 2. The minimum absolute atomic E-state index is 0.0833. The largest absolute Gasteiger partial charge is 0.579 e. The minimum Gasteiger partial charge on any atom is -0.320 e. The number of carbonyl (C=O) groups excluding carboxylic acids is 1. The second-order valence-corrected chi connectivity index (χ2v) is 27.0. The lowest BCUT2D eigenvalue weighted by atomic mass is 10.3. The normalized spacial score (nSPS) is 10.3. The van der Waals surface area contributed by atoms with Crippen LogP contribution in [0.4, 0.5) is 5.95 Å². The van der Waals surface area contributed by atoms with Gasteiger partial charge in [-0.2, -0.15) is 9.13 Å². The Bertz CT molecular complexity index is 5020. The van der Waals surface area contributed by atoms with Gasteiger partial charge in [-0.05, 0) is 59.6 Å². The van der Waals surface area contributed by atoms with Gasteiger partial charge in [0.25, 0.3) is 22.0 Å². The predicted molar refractivity (Wildman–Crippen MR) is 412 cm³/mol. The lowest BCUT2D eigenvalue weighted by Gasteiger charge is -1.90. The topological polar surface area (TPSA) is 209 Å². The highest BCUT2D eigenvalue weighted by Gasteiger charge is 2.23. The van der Waals surface area contributed by atoms with Crippen molar-refractivity contribution in [2.45, 2.75) is 20.3 Å². The minimum atomic E-state index is -0.417. The van der Waals surface area contributed by atoms with E-state index in [1.54, 1.807) is 51.1 Å². The van der Waals surface area contributed by atoms with Crippen molar-refractivity contribution >= 4 is 102 Å². The van der Waals surface area contributed by atoms with Crippen LogP contribution in [0.3, 0.4) is 0 Å². The second-order valence-electron chi connectivity index (χ2n) is 25.8. The van der Waals surface area contributed by atoms with E-state index in [4.69, 9.17) is 34.8 Å². The van der Waals surface area contributed by atoms with Crippen molar-refractivity contribution in [3.8, 4) is 0 Å². The molecule has 0 unspecified atom stereocenters. The van der Waals surface area contributed by atoms with Gasteiger partial charge in [0.1, 0.15) is 69.9 Å². The Hall–Kier alpha value is -11.6. The summed E-state index contributed by atoms with van der Waals surface area (Å²) in [5, 5.41) is 12.2. The van der Waals surface area contributed by atoms with Crippen LogP contribution < -0.4 is 50.2 Å². The molecular formula is C75H107Cl3N27O3+11. The van der Waals surface area contributed by atoms with Gasteiger partial charge in [0, 0.05) is 36.7 Å². The number of benzene rings is 2. The van der Waals surface area contributed by atoms with E-state index < -0.39 is 4.92 Å². The van der Waals surface area contributed by atoms with E-state index in [0.29, 0.717) is 16.1 Å². The van der Waals surface area contributed by atoms with Gasteiger partial charge in [-0.15, -0.1) is 4.98 Å². The van der Waals surface area contributed by atoms with Gasteiger partial charge in [-0.1, -0.05) is 35.6 Å². The maximum atomic E-state index is 10.3. The van der Waals surface area contributed by atoms with Gasteiger partial charge in [0.2, 0.25) is 37.9 Å². The van der Waals surface area contributed by atoms with E-state index in [0.717, 1.165) is 51.1 Å². The van der Waals surface area contributed by atoms with E-state index >= 15 is 0 Å². The highest BCUT2D eigenvalue weighted by molar-refractivity contribution is 6.39. The molecular weight excluding hydrogens is 1430 g/mol. The number of halogens is 3. The molecule has 14 aromatic heterocycles. The molecule has 108 heavy (non-hydrogen) atoms. The molecule has 0 aliphatic rings. The molecule has 0 N–H and O–H groups in total. The molecule has 16 rings (SSSR count). The molecule has 0 aliphatic carbocycles. The number of hydrogen-bond acceptors (Lipinski definition) is 7. The Kier molecular flexibility index (Phi) is 31.3. The van der Waals surface area contributed by atoms with Crippen LogP contribution in [0.15, 0.2) is 198 Å². The summed E-state index contributed by atoms with van der Waals surface area (Å²) >= 11 is 17.3. The average Bonchev–Trinajstić information content (AvgIpc) is 1.68. The Morgan fingerprint density at radius 3 is 1.35 bits per heavy atom. The number of para-hydroxylation sites is 2. The van der Waals surface area contributed by atoms with Crippen LogP contribution in [0.1, 0.15) is 29.2 Å². The first-order chi connectivity index (χ1) is 51.1. The van der Waals surface area contributed by atoms with Crippen LogP contribution in [-0.2, 0) is 161 Å². The van der Waals surface area contributed by atoms with Crippen molar-refractivity contribution in [2.75, 3.05) is 0 Å². The maximum absolute atomic E-state index is 10.3. The second kappa shape index (κ2) is 39.6. The molecule has 0 saturated carbocycles. The van der Waals surface area contributed by atoms with Gasteiger partial charge in [-0.25, -0.2) is 87.2 Å². The van der Waals surface area contributed by atoms with Crippen LogP contribution in [0, 0.1) is 17.0 Å². The van der Waals surface area contributed by atoms with Gasteiger partial charge in [0.05, 0.1) is 158 Å². The standard InChI is InChI=1S/C9H10ClN2.C9H11N2.2C8H10N3.C7H9N4.C7H13N2.C6H9N2O.C6H11N2.C5H7Cl2N2.C5H8N3O2.C5H9N2/c1-11-6-12(2)9-5-7(10)3-4-8(9)11;1-10-7-11(2)9-6-4-3-5-8(9)10;1-10-6-11(2)8-5-9-4-3-7(8)10;1-10-6-11(2)8-7(10)4-3-5-9-8;1-10-5-11(2)7-6(10)3-8-4-9-7;1-4-7-8(2)5-6-9(7)3;1-7-3-4-8(2)6(7)5-9;1-6-7(2)4-5-8(6)3;1-8-3-9(2)5(7)4(8)6;1-6-3-4-7(2)5(6)8(9)10;1-6-3-4-7(2)5-6/h3-6H,1-2H3;3-7H,1-2H3;2*3-6H,1-2H3;3-5H,1-2H3;5-6H,4H2,1-3H3;3-5H,1-2H3;4-5H,1-3H3;3H,1-2H3;3-4H,1-2H3;3-5H,1-2H3/q11*+1. The number of aldehydes is 1. The molecule has 570 valence electrons. The summed E-state index contributed by atoms with van der Waals surface area (Å²) in [5.74, 6) is 3.38. The van der Waals surface area contributed by atoms with Gasteiger partial charge in [-0.3, -0.25) is 18.9 Å². The lowest BCUT2D eigenvalue weighted by molar-refractivity contribution is -0.716. The lowest BCUT2D eigenvalue weighted by Crippen LogP contribution is -2.31. The van der Waals surface area contributed by atoms with E-state index in [9.17, 15) is 14.9 Å². The third-order valence-electron chi connectivity index (χ3n) is 17.3. The Morgan fingerprint density at radius 1 is 0.444 bits per heavy atom. The van der Waals surface area contributed by atoms with E-state index in [-0.39, 0.29) is 5.95 Å². The van der Waals surface area contributed by atoms with Gasteiger partial charge >= 0.3 is 23.1 Å². The Balaban J connectivity index is 0.000000186. The van der Waals surface area contributed by atoms with Crippen LogP contribution >= 0.6 is 34.8 Å². The van der Waals surface area contributed by atoms with Gasteiger partial charge < -0.3 is 10.1 Å². The van der Waals surface area contributed by atoms with Crippen molar-refractivity contribution in [3.63, 3.8) is 0 Å². The molecule has 0 fully saturated rings. The summed E-state index contributed by atoms with van der Waals surface area (Å²) in [4.78, 5) is 36.5. The molecule has 16 aromatic rings. The van der Waals surface area contributed by atoms with Crippen molar-refractivity contribution in [3.05, 3.63) is 241 Å². The first-order valence-corrected chi connectivity index (χ1v) is 35.3. The van der Waals surface area contributed by atoms with Crippen molar-refractivity contribution < 1.29 is 60.0 Å².